The molecule has 0 aliphatic carbocycles. The number of hydrogen-bond donors (Lipinski definition) is 2. The van der Waals surface area contributed by atoms with Crippen LogP contribution in [0.4, 0.5) is 15.3 Å². The zero-order valence-corrected chi connectivity index (χ0v) is 18.6. The second kappa shape index (κ2) is 9.31. The van der Waals surface area contributed by atoms with Gasteiger partial charge in [-0.2, -0.15) is 0 Å². The Labute approximate surface area is 182 Å². The molecule has 2 amide bonds. The summed E-state index contributed by atoms with van der Waals surface area (Å²) >= 11 is 6.28. The van der Waals surface area contributed by atoms with Gasteiger partial charge in [0.05, 0.1) is 6.04 Å². The maximum Gasteiger partial charge on any atom is 0.407 e. The van der Waals surface area contributed by atoms with Crippen LogP contribution in [0.3, 0.4) is 0 Å². The number of nitrogens with one attached hydrogen (secondary N) is 1. The number of carbonyl (C=O) groups excluding carboxylic acids is 1. The van der Waals surface area contributed by atoms with Gasteiger partial charge in [0.1, 0.15) is 5.60 Å². The molecular formula is C21H31ClN4O4. The highest BCUT2D eigenvalue weighted by Gasteiger charge is 2.28. The Hall–Kier alpha value is -2.19. The van der Waals surface area contributed by atoms with Gasteiger partial charge in [0, 0.05) is 56.5 Å². The van der Waals surface area contributed by atoms with E-state index in [-0.39, 0.29) is 6.04 Å². The number of rotatable bonds is 4. The molecule has 8 nitrogen and oxygen atoms in total. The van der Waals surface area contributed by atoms with Crippen LogP contribution in [-0.4, -0.2) is 78.0 Å². The van der Waals surface area contributed by atoms with Crippen molar-refractivity contribution in [2.75, 3.05) is 44.2 Å². The minimum absolute atomic E-state index is 0.0193. The maximum absolute atomic E-state index is 12.1. The fraction of sp³-hybridized carbons (Fsp3) is 0.619. The Morgan fingerprint density at radius 2 is 1.90 bits per heavy atom. The first-order valence-corrected chi connectivity index (χ1v) is 10.7. The number of piperazine rings is 1. The van der Waals surface area contributed by atoms with Gasteiger partial charge in [-0.1, -0.05) is 17.7 Å². The van der Waals surface area contributed by atoms with Crippen molar-refractivity contribution in [1.29, 1.82) is 0 Å². The highest BCUT2D eigenvalue weighted by Crippen LogP contribution is 2.29. The van der Waals surface area contributed by atoms with Gasteiger partial charge in [-0.15, -0.1) is 0 Å². The van der Waals surface area contributed by atoms with Crippen LogP contribution in [0.25, 0.3) is 0 Å². The summed E-state index contributed by atoms with van der Waals surface area (Å²) in [5, 5.41) is 12.8. The van der Waals surface area contributed by atoms with E-state index < -0.39 is 17.8 Å². The van der Waals surface area contributed by atoms with Crippen LogP contribution < -0.4 is 10.2 Å². The molecule has 0 saturated carbocycles. The fourth-order valence-electron chi connectivity index (χ4n) is 3.87. The van der Waals surface area contributed by atoms with E-state index in [0.29, 0.717) is 37.7 Å². The number of carboxylic acid groups (broad SMARTS) is 1. The maximum atomic E-state index is 12.1. The molecule has 0 spiro atoms. The van der Waals surface area contributed by atoms with E-state index in [1.165, 1.54) is 4.90 Å². The summed E-state index contributed by atoms with van der Waals surface area (Å²) in [5.41, 5.74) is 1.70. The van der Waals surface area contributed by atoms with Gasteiger partial charge in [-0.25, -0.2) is 9.59 Å². The summed E-state index contributed by atoms with van der Waals surface area (Å²) in [6.45, 7) is 10.2. The van der Waals surface area contributed by atoms with Crippen LogP contribution >= 0.6 is 11.6 Å². The number of amides is 2. The third-order valence-electron chi connectivity index (χ3n) is 5.33. The van der Waals surface area contributed by atoms with Crippen molar-refractivity contribution in [3.63, 3.8) is 0 Å². The summed E-state index contributed by atoms with van der Waals surface area (Å²) in [6.07, 6.45) is -0.415. The van der Waals surface area contributed by atoms with Crippen molar-refractivity contribution in [2.24, 2.45) is 0 Å². The van der Waals surface area contributed by atoms with Crippen LogP contribution in [0.2, 0.25) is 5.02 Å². The normalized spacial score (nSPS) is 20.3. The molecule has 1 aromatic rings. The van der Waals surface area contributed by atoms with Crippen molar-refractivity contribution in [1.82, 2.24) is 15.1 Å². The molecule has 2 aliphatic rings. The van der Waals surface area contributed by atoms with Gasteiger partial charge in [0.25, 0.3) is 0 Å². The van der Waals surface area contributed by atoms with Gasteiger partial charge < -0.3 is 25.0 Å². The largest absolute Gasteiger partial charge is 0.465 e. The molecule has 3 rings (SSSR count). The summed E-state index contributed by atoms with van der Waals surface area (Å²) in [4.78, 5) is 29.2. The Balaban J connectivity index is 1.62. The zero-order valence-electron chi connectivity index (χ0n) is 17.9. The molecule has 2 fully saturated rings. The number of carbonyl (C=O) groups is 2. The third-order valence-corrected chi connectivity index (χ3v) is 5.57. The third kappa shape index (κ3) is 6.15. The zero-order chi connectivity index (χ0) is 21.9. The molecule has 9 heteroatoms. The smallest absolute Gasteiger partial charge is 0.407 e. The fourth-order valence-corrected chi connectivity index (χ4v) is 4.04. The Bertz CT molecular complexity index is 775. The van der Waals surface area contributed by atoms with E-state index in [0.717, 1.165) is 30.8 Å². The Kier molecular flexibility index (Phi) is 6.98. The summed E-state index contributed by atoms with van der Waals surface area (Å²) in [5.74, 6) is 0. The molecule has 1 unspecified atom stereocenters. The van der Waals surface area contributed by atoms with Crippen molar-refractivity contribution in [3.05, 3.63) is 28.8 Å². The number of alkyl carbamates (subject to hydrolysis) is 1. The summed E-state index contributed by atoms with van der Waals surface area (Å²) in [6, 6.07) is 5.92. The predicted molar refractivity (Wildman–Crippen MR) is 116 cm³/mol. The van der Waals surface area contributed by atoms with E-state index >= 15 is 0 Å². The number of ether oxygens (including phenoxy) is 1. The Morgan fingerprint density at radius 3 is 2.53 bits per heavy atom. The quantitative estimate of drug-likeness (QED) is 0.750. The first-order chi connectivity index (χ1) is 14.1. The number of hydrogen-bond acceptors (Lipinski definition) is 5. The van der Waals surface area contributed by atoms with Gasteiger partial charge >= 0.3 is 12.2 Å². The molecule has 0 radical (unpaired) electrons. The van der Waals surface area contributed by atoms with Crippen LogP contribution in [0, 0.1) is 0 Å². The molecule has 0 bridgehead atoms. The molecule has 2 N–H and O–H groups in total. The van der Waals surface area contributed by atoms with Crippen LogP contribution in [-0.2, 0) is 11.3 Å². The highest BCUT2D eigenvalue weighted by molar-refractivity contribution is 6.30. The average Bonchev–Trinajstić information content (AvgIpc) is 3.10. The first kappa shape index (κ1) is 22.5. The molecule has 2 aliphatic heterocycles. The van der Waals surface area contributed by atoms with Gasteiger partial charge in [0.2, 0.25) is 0 Å². The van der Waals surface area contributed by atoms with E-state index in [9.17, 15) is 9.59 Å². The van der Waals surface area contributed by atoms with Crippen LogP contribution in [0.15, 0.2) is 18.2 Å². The molecule has 30 heavy (non-hydrogen) atoms. The van der Waals surface area contributed by atoms with E-state index in [1.54, 1.807) is 0 Å². The molecular weight excluding hydrogens is 408 g/mol. The monoisotopic (exact) mass is 438 g/mol. The van der Waals surface area contributed by atoms with Gasteiger partial charge in [-0.05, 0) is 44.9 Å². The average molecular weight is 439 g/mol. The van der Waals surface area contributed by atoms with Crippen molar-refractivity contribution in [2.45, 2.75) is 45.4 Å². The number of halogens is 1. The SMILES string of the molecule is CC(C)(C)OC(=O)NC1CCN(c2cc(Cl)ccc2CN2CCN(C(=O)O)CC2)C1. The standard InChI is InChI=1S/C21H31ClN4O4/c1-21(2,3)30-19(27)23-17-6-7-26(14-17)18-12-16(22)5-4-15(18)13-24-8-10-25(11-9-24)20(28)29/h4-5,12,17H,6-11,13-14H2,1-3H3,(H,23,27)(H,28,29). The number of anilines is 1. The molecule has 1 atom stereocenters. The van der Waals surface area contributed by atoms with Crippen LogP contribution in [0.1, 0.15) is 32.8 Å². The molecule has 2 saturated heterocycles. The summed E-state index contributed by atoms with van der Waals surface area (Å²) in [7, 11) is 0. The minimum atomic E-state index is -0.859. The molecule has 2 heterocycles. The van der Waals surface area contributed by atoms with Gasteiger partial charge in [0.15, 0.2) is 0 Å². The lowest BCUT2D eigenvalue weighted by molar-refractivity contribution is 0.0509. The first-order valence-electron chi connectivity index (χ1n) is 10.3. The van der Waals surface area contributed by atoms with Crippen LogP contribution in [0.5, 0.6) is 0 Å². The highest BCUT2D eigenvalue weighted by atomic mass is 35.5. The van der Waals surface area contributed by atoms with E-state index in [4.69, 9.17) is 21.4 Å². The van der Waals surface area contributed by atoms with Crippen molar-refractivity contribution >= 4 is 29.5 Å². The lowest BCUT2D eigenvalue weighted by atomic mass is 10.1. The second-order valence-corrected chi connectivity index (χ2v) is 9.33. The molecule has 1 aromatic carbocycles. The molecule has 166 valence electrons. The lowest BCUT2D eigenvalue weighted by Gasteiger charge is -2.34. The number of benzene rings is 1. The Morgan fingerprint density at radius 1 is 1.20 bits per heavy atom. The topological polar surface area (TPSA) is 85.4 Å². The lowest BCUT2D eigenvalue weighted by Crippen LogP contribution is -2.47. The summed E-state index contributed by atoms with van der Waals surface area (Å²) < 4.78 is 5.37. The predicted octanol–water partition coefficient (Wildman–Crippen LogP) is 3.24. The van der Waals surface area contributed by atoms with Crippen molar-refractivity contribution in [3.8, 4) is 0 Å². The minimum Gasteiger partial charge on any atom is -0.465 e. The van der Waals surface area contributed by atoms with Crippen molar-refractivity contribution < 1.29 is 19.4 Å². The van der Waals surface area contributed by atoms with E-state index in [2.05, 4.69) is 15.1 Å². The molecule has 0 aromatic heterocycles. The second-order valence-electron chi connectivity index (χ2n) is 8.90. The number of nitrogens with zero attached hydrogens (tertiary/aromatic N) is 3. The van der Waals surface area contributed by atoms with Gasteiger partial charge in [-0.3, -0.25) is 4.90 Å². The van der Waals surface area contributed by atoms with E-state index in [1.807, 2.05) is 39.0 Å².